The van der Waals surface area contributed by atoms with Crippen molar-refractivity contribution in [2.45, 2.75) is 26.7 Å². The number of Topliss-reactive ketones (excluding diaryl/α,β-unsaturated/α-hetero) is 1. The lowest BCUT2D eigenvalue weighted by molar-refractivity contribution is 0.105. The van der Waals surface area contributed by atoms with Crippen molar-refractivity contribution in [2.75, 3.05) is 6.61 Å². The third-order valence-electron chi connectivity index (χ3n) is 5.98. The minimum atomic E-state index is 0.0126. The molecule has 4 aromatic rings. The minimum Gasteiger partial charge on any atom is -0.494 e. The molecule has 2 heterocycles. The van der Waals surface area contributed by atoms with E-state index in [0.29, 0.717) is 17.7 Å². The predicted octanol–water partition coefficient (Wildman–Crippen LogP) is 6.32. The number of pyridine rings is 1. The molecule has 0 radical (unpaired) electrons. The van der Waals surface area contributed by atoms with Gasteiger partial charge in [-0.1, -0.05) is 30.3 Å². The van der Waals surface area contributed by atoms with Gasteiger partial charge in [-0.2, -0.15) is 0 Å². The molecule has 0 saturated heterocycles. The van der Waals surface area contributed by atoms with Crippen molar-refractivity contribution in [2.24, 2.45) is 0 Å². The molecule has 0 N–H and O–H groups in total. The second-order valence-electron chi connectivity index (χ2n) is 8.18. The molecular weight excluding hydrogens is 428 g/mol. The Morgan fingerprint density at radius 3 is 2.55 bits per heavy atom. The molecule has 164 valence electrons. The lowest BCUT2D eigenvalue weighted by Crippen LogP contribution is -2.03. The highest BCUT2D eigenvalue weighted by Gasteiger charge is 2.34. The Morgan fingerprint density at radius 1 is 0.939 bits per heavy atom. The largest absolute Gasteiger partial charge is 0.494 e. The predicted molar refractivity (Wildman–Crippen MR) is 133 cm³/mol. The first-order valence-electron chi connectivity index (χ1n) is 11.0. The topological polar surface area (TPSA) is 52.1 Å². The lowest BCUT2D eigenvalue weighted by Gasteiger charge is -2.10. The molecule has 5 heteroatoms. The summed E-state index contributed by atoms with van der Waals surface area (Å²) in [6, 6.07) is 18.2. The molecule has 0 fully saturated rings. The van der Waals surface area contributed by atoms with Gasteiger partial charge >= 0.3 is 0 Å². The summed E-state index contributed by atoms with van der Waals surface area (Å²) in [7, 11) is 0. The van der Waals surface area contributed by atoms with Crippen LogP contribution in [0.2, 0.25) is 0 Å². The molecule has 0 amide bonds. The Balaban J connectivity index is 1.45. The van der Waals surface area contributed by atoms with E-state index in [4.69, 9.17) is 4.74 Å². The van der Waals surface area contributed by atoms with Crippen LogP contribution in [-0.4, -0.2) is 22.4 Å². The molecule has 5 rings (SSSR count). The lowest BCUT2D eigenvalue weighted by atomic mass is 9.96. The van der Waals surface area contributed by atoms with Crippen molar-refractivity contribution in [1.82, 2.24) is 9.97 Å². The summed E-state index contributed by atoms with van der Waals surface area (Å²) >= 11 is 1.56. The van der Waals surface area contributed by atoms with E-state index in [1.807, 2.05) is 49.7 Å². The zero-order valence-corrected chi connectivity index (χ0v) is 19.5. The van der Waals surface area contributed by atoms with E-state index in [1.54, 1.807) is 23.7 Å². The number of carbonyl (C=O) groups excluding carboxylic acids is 1. The number of hydrogen-bond donors (Lipinski definition) is 0. The van der Waals surface area contributed by atoms with Gasteiger partial charge in [-0.3, -0.25) is 9.78 Å². The van der Waals surface area contributed by atoms with E-state index in [2.05, 4.69) is 34.2 Å². The van der Waals surface area contributed by atoms with Gasteiger partial charge in [0, 0.05) is 34.7 Å². The van der Waals surface area contributed by atoms with Crippen LogP contribution >= 0.6 is 11.3 Å². The maximum Gasteiger partial charge on any atom is 0.195 e. The summed E-state index contributed by atoms with van der Waals surface area (Å²) < 4.78 is 6.02. The van der Waals surface area contributed by atoms with E-state index in [0.717, 1.165) is 51.4 Å². The molecule has 2 aromatic heterocycles. The van der Waals surface area contributed by atoms with Gasteiger partial charge in [-0.05, 0) is 67.6 Å². The molecule has 4 nitrogen and oxygen atoms in total. The van der Waals surface area contributed by atoms with Gasteiger partial charge in [0.2, 0.25) is 0 Å². The molecular formula is C28H24N2O2S. The Morgan fingerprint density at radius 2 is 1.79 bits per heavy atom. The fourth-order valence-electron chi connectivity index (χ4n) is 4.27. The number of aryl methyl sites for hydroxylation is 3. The fraction of sp³-hybridized carbons (Fsp3) is 0.179. The molecule has 2 aromatic carbocycles. The maximum absolute atomic E-state index is 13.7. The van der Waals surface area contributed by atoms with Gasteiger partial charge in [-0.25, -0.2) is 4.98 Å². The van der Waals surface area contributed by atoms with Crippen LogP contribution in [0.5, 0.6) is 5.75 Å². The summed E-state index contributed by atoms with van der Waals surface area (Å²) in [4.78, 5) is 23.4. The first-order valence-corrected chi connectivity index (χ1v) is 11.9. The highest BCUT2D eigenvalue weighted by atomic mass is 32.1. The van der Waals surface area contributed by atoms with Crippen LogP contribution < -0.4 is 4.74 Å². The van der Waals surface area contributed by atoms with Crippen molar-refractivity contribution >= 4 is 28.3 Å². The van der Waals surface area contributed by atoms with Crippen LogP contribution in [0.3, 0.4) is 0 Å². The maximum atomic E-state index is 13.7. The first kappa shape index (κ1) is 21.3. The highest BCUT2D eigenvalue weighted by Crippen LogP contribution is 2.45. The normalized spacial score (nSPS) is 12.8. The number of ketones is 1. The van der Waals surface area contributed by atoms with Crippen LogP contribution in [0, 0.1) is 13.8 Å². The van der Waals surface area contributed by atoms with Crippen molar-refractivity contribution < 1.29 is 9.53 Å². The number of hydrogen-bond acceptors (Lipinski definition) is 5. The number of aromatic nitrogens is 2. The van der Waals surface area contributed by atoms with Gasteiger partial charge < -0.3 is 4.74 Å². The van der Waals surface area contributed by atoms with Crippen LogP contribution in [0.15, 0.2) is 72.5 Å². The Labute approximate surface area is 197 Å². The summed E-state index contributed by atoms with van der Waals surface area (Å²) in [6.45, 7) is 4.60. The zero-order valence-electron chi connectivity index (χ0n) is 18.7. The second-order valence-corrected chi connectivity index (χ2v) is 9.04. The Hall–Kier alpha value is -3.57. The van der Waals surface area contributed by atoms with Gasteiger partial charge in [0.15, 0.2) is 5.78 Å². The van der Waals surface area contributed by atoms with Gasteiger partial charge in [0.25, 0.3) is 0 Å². The molecule has 33 heavy (non-hydrogen) atoms. The second kappa shape index (κ2) is 9.12. The molecule has 0 spiro atoms. The zero-order chi connectivity index (χ0) is 22.8. The van der Waals surface area contributed by atoms with E-state index in [1.165, 1.54) is 5.56 Å². The Kier molecular flexibility index (Phi) is 5.88. The number of fused-ring (bicyclic) bond motifs is 1. The summed E-state index contributed by atoms with van der Waals surface area (Å²) in [5.74, 6) is 0.735. The van der Waals surface area contributed by atoms with Gasteiger partial charge in [0.1, 0.15) is 5.75 Å². The van der Waals surface area contributed by atoms with E-state index >= 15 is 0 Å². The summed E-state index contributed by atoms with van der Waals surface area (Å²) in [5.41, 5.74) is 9.21. The van der Waals surface area contributed by atoms with Crippen molar-refractivity contribution in [3.05, 3.63) is 111 Å². The van der Waals surface area contributed by atoms with Crippen LogP contribution in [0.25, 0.3) is 11.1 Å². The average molecular weight is 453 g/mol. The minimum absolute atomic E-state index is 0.0126. The number of allylic oxidation sites excluding steroid dienone is 1. The average Bonchev–Trinajstić information content (AvgIpc) is 3.38. The molecule has 1 aliphatic rings. The Bertz CT molecular complexity index is 1360. The van der Waals surface area contributed by atoms with Gasteiger partial charge in [-0.15, -0.1) is 11.3 Å². The van der Waals surface area contributed by atoms with Crippen molar-refractivity contribution in [3.63, 3.8) is 0 Å². The molecule has 0 saturated carbocycles. The monoisotopic (exact) mass is 452 g/mol. The van der Waals surface area contributed by atoms with E-state index in [-0.39, 0.29) is 5.78 Å². The quantitative estimate of drug-likeness (QED) is 0.308. The number of rotatable bonds is 7. The van der Waals surface area contributed by atoms with E-state index < -0.39 is 0 Å². The number of ether oxygens (including phenoxy) is 1. The van der Waals surface area contributed by atoms with Crippen molar-refractivity contribution in [3.8, 4) is 5.75 Å². The number of nitrogens with zero attached hydrogens (tertiary/aromatic N) is 2. The third kappa shape index (κ3) is 4.12. The van der Waals surface area contributed by atoms with Crippen LogP contribution in [0.1, 0.15) is 49.6 Å². The number of thiazole rings is 1. The number of carbonyl (C=O) groups is 1. The van der Waals surface area contributed by atoms with E-state index in [9.17, 15) is 4.79 Å². The SMILES string of the molecule is Cc1ccncc1C1=C(c2scnc2C)c2ccc(OCCCc3ccccc3)cc2C1=O. The summed E-state index contributed by atoms with van der Waals surface area (Å²) in [6.07, 6.45) is 5.42. The molecule has 1 aliphatic carbocycles. The molecule has 0 unspecified atom stereocenters. The van der Waals surface area contributed by atoms with Gasteiger partial charge in [0.05, 0.1) is 22.7 Å². The van der Waals surface area contributed by atoms with Crippen molar-refractivity contribution in [1.29, 1.82) is 0 Å². The third-order valence-corrected chi connectivity index (χ3v) is 6.93. The van der Waals surface area contributed by atoms with Crippen LogP contribution in [0.4, 0.5) is 0 Å². The molecule has 0 atom stereocenters. The first-order chi connectivity index (χ1) is 16.1. The highest BCUT2D eigenvalue weighted by molar-refractivity contribution is 7.11. The fourth-order valence-corrected chi connectivity index (χ4v) is 5.14. The molecule has 0 aliphatic heterocycles. The standard InChI is InChI=1S/C28H24N2O2S/c1-18-12-13-29-16-24(18)25-26(28-19(2)30-17-33-28)22-11-10-21(15-23(22)27(25)31)32-14-6-9-20-7-4-3-5-8-20/h3-5,7-8,10-13,15-17H,6,9,14H2,1-2H3. The smallest absolute Gasteiger partial charge is 0.195 e. The summed E-state index contributed by atoms with van der Waals surface area (Å²) in [5, 5.41) is 0. The van der Waals surface area contributed by atoms with Crippen LogP contribution in [-0.2, 0) is 6.42 Å². The molecule has 0 bridgehead atoms. The number of benzene rings is 2.